The molecule has 2 rings (SSSR count). The summed E-state index contributed by atoms with van der Waals surface area (Å²) in [6.45, 7) is 4.61. The first kappa shape index (κ1) is 9.02. The Morgan fingerprint density at radius 3 is 2.85 bits per heavy atom. The molecule has 2 aliphatic rings. The van der Waals surface area contributed by atoms with Crippen molar-refractivity contribution in [2.24, 2.45) is 5.92 Å². The van der Waals surface area contributed by atoms with Crippen LogP contribution in [0, 0.1) is 17.2 Å². The summed E-state index contributed by atoms with van der Waals surface area (Å²) in [6, 6.07) is 2.25. The molecule has 0 N–H and O–H groups in total. The molecule has 2 heteroatoms. The Bertz CT molecular complexity index is 225. The van der Waals surface area contributed by atoms with Crippen molar-refractivity contribution in [3.05, 3.63) is 0 Å². The first-order chi connectivity index (χ1) is 6.29. The van der Waals surface area contributed by atoms with Crippen LogP contribution in [-0.2, 0) is 0 Å². The Morgan fingerprint density at radius 2 is 2.31 bits per heavy atom. The summed E-state index contributed by atoms with van der Waals surface area (Å²) in [6.07, 6.45) is 6.19. The highest BCUT2D eigenvalue weighted by atomic mass is 15.2. The number of likely N-dealkylation sites (tertiary alicyclic amines) is 1. The zero-order valence-corrected chi connectivity index (χ0v) is 8.42. The van der Waals surface area contributed by atoms with Gasteiger partial charge in [0.2, 0.25) is 0 Å². The lowest BCUT2D eigenvalue weighted by Crippen LogP contribution is -2.52. The molecule has 0 amide bonds. The van der Waals surface area contributed by atoms with Gasteiger partial charge in [0.25, 0.3) is 0 Å². The van der Waals surface area contributed by atoms with Crippen LogP contribution in [0.5, 0.6) is 0 Å². The summed E-state index contributed by atoms with van der Waals surface area (Å²) >= 11 is 0. The lowest BCUT2D eigenvalue weighted by atomic mass is 9.69. The average molecular weight is 178 g/mol. The predicted octanol–water partition coefficient (Wildman–Crippen LogP) is 2.16. The van der Waals surface area contributed by atoms with E-state index in [9.17, 15) is 0 Å². The quantitative estimate of drug-likeness (QED) is 0.648. The second kappa shape index (κ2) is 3.31. The number of nitrogens with zero attached hydrogens (tertiary/aromatic N) is 2. The molecule has 0 aromatic carbocycles. The fourth-order valence-electron chi connectivity index (χ4n) is 3.02. The van der Waals surface area contributed by atoms with E-state index in [0.717, 1.165) is 12.5 Å². The molecule has 1 saturated carbocycles. The van der Waals surface area contributed by atoms with Crippen molar-refractivity contribution >= 4 is 0 Å². The summed E-state index contributed by atoms with van der Waals surface area (Å²) in [5.41, 5.74) is 0.525. The largest absolute Gasteiger partial charge is 0.296 e. The van der Waals surface area contributed by atoms with Crippen LogP contribution in [0.2, 0.25) is 0 Å². The fraction of sp³-hybridized carbons (Fsp3) is 0.909. The Kier molecular flexibility index (Phi) is 2.29. The van der Waals surface area contributed by atoms with Gasteiger partial charge in [-0.25, -0.2) is 0 Å². The molecule has 2 fully saturated rings. The molecule has 1 saturated heterocycles. The topological polar surface area (TPSA) is 27.0 Å². The van der Waals surface area contributed by atoms with E-state index in [1.165, 1.54) is 32.2 Å². The second-order valence-electron chi connectivity index (χ2n) is 4.54. The highest BCUT2D eigenvalue weighted by molar-refractivity contribution is 5.05. The summed E-state index contributed by atoms with van der Waals surface area (Å²) < 4.78 is 0. The first-order valence-corrected chi connectivity index (χ1v) is 5.41. The minimum atomic E-state index is 0.525. The van der Waals surface area contributed by atoms with Crippen LogP contribution in [0.15, 0.2) is 0 Å². The molecular formula is C11H18N2. The molecule has 0 aromatic heterocycles. The normalized spacial score (nSPS) is 31.5. The van der Waals surface area contributed by atoms with E-state index in [0.29, 0.717) is 12.0 Å². The van der Waals surface area contributed by atoms with Gasteiger partial charge in [0.1, 0.15) is 0 Å². The third kappa shape index (κ3) is 1.26. The maximum absolute atomic E-state index is 8.58. The maximum Gasteiger partial charge on any atom is 0.0635 e. The van der Waals surface area contributed by atoms with Gasteiger partial charge in [-0.05, 0) is 38.1 Å². The Hall–Kier alpha value is -0.550. The molecule has 72 valence electrons. The molecular weight excluding hydrogens is 160 g/mol. The van der Waals surface area contributed by atoms with Gasteiger partial charge < -0.3 is 0 Å². The van der Waals surface area contributed by atoms with E-state index in [4.69, 9.17) is 5.26 Å². The van der Waals surface area contributed by atoms with Crippen LogP contribution >= 0.6 is 0 Å². The van der Waals surface area contributed by atoms with Gasteiger partial charge in [-0.3, -0.25) is 4.90 Å². The van der Waals surface area contributed by atoms with Crippen molar-refractivity contribution in [1.29, 1.82) is 5.26 Å². The summed E-state index contributed by atoms with van der Waals surface area (Å²) in [7, 11) is 0. The van der Waals surface area contributed by atoms with Crippen LogP contribution in [0.25, 0.3) is 0 Å². The summed E-state index contributed by atoms with van der Waals surface area (Å²) in [5.74, 6) is 0.861. The Labute approximate surface area is 80.5 Å². The van der Waals surface area contributed by atoms with E-state index >= 15 is 0 Å². The van der Waals surface area contributed by atoms with Gasteiger partial charge in [0.15, 0.2) is 0 Å². The summed E-state index contributed by atoms with van der Waals surface area (Å²) in [5, 5.41) is 8.58. The van der Waals surface area contributed by atoms with E-state index in [2.05, 4.69) is 17.9 Å². The van der Waals surface area contributed by atoms with Crippen LogP contribution in [0.4, 0.5) is 0 Å². The Balaban J connectivity index is 1.99. The van der Waals surface area contributed by atoms with Crippen LogP contribution in [0.1, 0.15) is 39.0 Å². The third-order valence-electron chi connectivity index (χ3n) is 4.09. The van der Waals surface area contributed by atoms with Gasteiger partial charge in [-0.15, -0.1) is 0 Å². The molecule has 1 heterocycles. The molecule has 2 nitrogen and oxygen atoms in total. The highest BCUT2D eigenvalue weighted by Crippen LogP contribution is 2.48. The van der Waals surface area contributed by atoms with Crippen molar-refractivity contribution in [2.45, 2.75) is 44.6 Å². The standard InChI is InChI=1S/C11H18N2/c1-10-4-9-13(8-3-7-12)11(10)5-2-6-11/h10H,2-6,8-9H2,1H3. The monoisotopic (exact) mass is 178 g/mol. The second-order valence-corrected chi connectivity index (χ2v) is 4.54. The van der Waals surface area contributed by atoms with Crippen molar-refractivity contribution in [3.63, 3.8) is 0 Å². The van der Waals surface area contributed by atoms with Gasteiger partial charge in [-0.2, -0.15) is 5.26 Å². The van der Waals surface area contributed by atoms with Crippen molar-refractivity contribution < 1.29 is 0 Å². The molecule has 1 atom stereocenters. The van der Waals surface area contributed by atoms with Crippen molar-refractivity contribution in [1.82, 2.24) is 4.90 Å². The summed E-state index contributed by atoms with van der Waals surface area (Å²) in [4.78, 5) is 2.57. The number of hydrogen-bond acceptors (Lipinski definition) is 2. The maximum atomic E-state index is 8.58. The number of hydrogen-bond donors (Lipinski definition) is 0. The van der Waals surface area contributed by atoms with Gasteiger partial charge in [0, 0.05) is 18.5 Å². The molecule has 0 aromatic rings. The predicted molar refractivity (Wildman–Crippen MR) is 52.2 cm³/mol. The van der Waals surface area contributed by atoms with Crippen LogP contribution < -0.4 is 0 Å². The van der Waals surface area contributed by atoms with Crippen molar-refractivity contribution in [3.8, 4) is 6.07 Å². The minimum absolute atomic E-state index is 0.525. The zero-order valence-electron chi connectivity index (χ0n) is 8.42. The van der Waals surface area contributed by atoms with E-state index < -0.39 is 0 Å². The Morgan fingerprint density at radius 1 is 1.54 bits per heavy atom. The minimum Gasteiger partial charge on any atom is -0.296 e. The molecule has 13 heavy (non-hydrogen) atoms. The molecule has 1 spiro atoms. The third-order valence-corrected chi connectivity index (χ3v) is 4.09. The molecule has 1 unspecified atom stereocenters. The van der Waals surface area contributed by atoms with E-state index in [1.54, 1.807) is 0 Å². The van der Waals surface area contributed by atoms with E-state index in [-0.39, 0.29) is 0 Å². The highest BCUT2D eigenvalue weighted by Gasteiger charge is 2.49. The SMILES string of the molecule is CC1CCN(CCC#N)C12CCC2. The van der Waals surface area contributed by atoms with Gasteiger partial charge >= 0.3 is 0 Å². The molecule has 1 aliphatic heterocycles. The van der Waals surface area contributed by atoms with Crippen LogP contribution in [0.3, 0.4) is 0 Å². The van der Waals surface area contributed by atoms with E-state index in [1.807, 2.05) is 0 Å². The average Bonchev–Trinajstić information content (AvgIpc) is 2.38. The van der Waals surface area contributed by atoms with Gasteiger partial charge in [0.05, 0.1) is 6.07 Å². The van der Waals surface area contributed by atoms with Crippen LogP contribution in [-0.4, -0.2) is 23.5 Å². The van der Waals surface area contributed by atoms with Gasteiger partial charge in [-0.1, -0.05) is 6.92 Å². The number of rotatable bonds is 2. The lowest BCUT2D eigenvalue weighted by Gasteiger charge is -2.48. The molecule has 0 radical (unpaired) electrons. The zero-order chi connectivity index (χ0) is 9.31. The lowest BCUT2D eigenvalue weighted by molar-refractivity contribution is 0.0280. The number of nitriles is 1. The first-order valence-electron chi connectivity index (χ1n) is 5.41. The fourth-order valence-corrected chi connectivity index (χ4v) is 3.02. The smallest absolute Gasteiger partial charge is 0.0635 e. The van der Waals surface area contributed by atoms with Crippen molar-refractivity contribution in [2.75, 3.05) is 13.1 Å². The molecule has 1 aliphatic carbocycles. The molecule has 0 bridgehead atoms.